The summed E-state index contributed by atoms with van der Waals surface area (Å²) in [5.41, 5.74) is 2.01. The van der Waals surface area contributed by atoms with Gasteiger partial charge in [0.25, 0.3) is 0 Å². The van der Waals surface area contributed by atoms with Crippen LogP contribution in [-0.2, 0) is 4.74 Å². The van der Waals surface area contributed by atoms with E-state index in [0.29, 0.717) is 19.7 Å². The van der Waals surface area contributed by atoms with E-state index in [2.05, 4.69) is 14.9 Å². The maximum absolute atomic E-state index is 11.6. The Kier molecular flexibility index (Phi) is 3.45. The molecule has 0 atom stereocenters. The van der Waals surface area contributed by atoms with Gasteiger partial charge in [-0.05, 0) is 19.1 Å². The fourth-order valence-corrected chi connectivity index (χ4v) is 2.40. The van der Waals surface area contributed by atoms with Crippen molar-refractivity contribution in [2.75, 3.05) is 37.7 Å². The molecule has 0 spiro atoms. The molecule has 1 aromatic heterocycles. The summed E-state index contributed by atoms with van der Waals surface area (Å²) in [5.74, 6) is 0.870. The van der Waals surface area contributed by atoms with Crippen LogP contribution in [0.4, 0.5) is 10.7 Å². The van der Waals surface area contributed by atoms with Crippen molar-refractivity contribution in [2.24, 2.45) is 0 Å². The van der Waals surface area contributed by atoms with Crippen LogP contribution in [0, 0.1) is 0 Å². The number of rotatable bonds is 2. The van der Waals surface area contributed by atoms with Gasteiger partial charge in [0.05, 0.1) is 17.6 Å². The Labute approximate surface area is 117 Å². The number of nitrogens with one attached hydrogen (secondary N) is 1. The second-order valence-electron chi connectivity index (χ2n) is 4.75. The Morgan fingerprint density at radius 1 is 1.30 bits per heavy atom. The molecule has 1 aliphatic rings. The zero-order valence-electron chi connectivity index (χ0n) is 11.5. The lowest BCUT2D eigenvalue weighted by Gasteiger charge is -2.33. The molecule has 0 saturated carbocycles. The van der Waals surface area contributed by atoms with Gasteiger partial charge in [0.1, 0.15) is 0 Å². The van der Waals surface area contributed by atoms with Gasteiger partial charge in [-0.1, -0.05) is 12.1 Å². The summed E-state index contributed by atoms with van der Waals surface area (Å²) in [6.45, 7) is 5.09. The second-order valence-corrected chi connectivity index (χ2v) is 4.75. The molecule has 1 saturated heterocycles. The maximum Gasteiger partial charge on any atom is 0.409 e. The average Bonchev–Trinajstić information content (AvgIpc) is 2.91. The number of fused-ring (bicyclic) bond motifs is 1. The summed E-state index contributed by atoms with van der Waals surface area (Å²) < 4.78 is 5.02. The van der Waals surface area contributed by atoms with Crippen molar-refractivity contribution >= 4 is 23.1 Å². The van der Waals surface area contributed by atoms with E-state index in [9.17, 15) is 4.79 Å². The van der Waals surface area contributed by atoms with Gasteiger partial charge < -0.3 is 19.5 Å². The van der Waals surface area contributed by atoms with Gasteiger partial charge in [0.2, 0.25) is 5.95 Å². The third-order valence-corrected chi connectivity index (χ3v) is 3.48. The number of ether oxygens (including phenoxy) is 1. The molecule has 3 rings (SSSR count). The topological polar surface area (TPSA) is 61.5 Å². The minimum absolute atomic E-state index is 0.225. The lowest BCUT2D eigenvalue weighted by molar-refractivity contribution is 0.105. The highest BCUT2D eigenvalue weighted by molar-refractivity contribution is 5.77. The summed E-state index contributed by atoms with van der Waals surface area (Å²) in [7, 11) is 0. The van der Waals surface area contributed by atoms with E-state index in [1.165, 1.54) is 0 Å². The van der Waals surface area contributed by atoms with Gasteiger partial charge in [-0.2, -0.15) is 0 Å². The van der Waals surface area contributed by atoms with Crippen molar-refractivity contribution in [3.8, 4) is 0 Å². The highest BCUT2D eigenvalue weighted by atomic mass is 16.6. The molecule has 1 aromatic carbocycles. The smallest absolute Gasteiger partial charge is 0.409 e. The van der Waals surface area contributed by atoms with Crippen molar-refractivity contribution in [2.45, 2.75) is 6.92 Å². The van der Waals surface area contributed by atoms with Crippen LogP contribution in [0.3, 0.4) is 0 Å². The largest absolute Gasteiger partial charge is 0.450 e. The van der Waals surface area contributed by atoms with E-state index in [-0.39, 0.29) is 6.09 Å². The minimum atomic E-state index is -0.225. The average molecular weight is 274 g/mol. The molecule has 2 aromatic rings. The second kappa shape index (κ2) is 5.40. The SMILES string of the molecule is CCOC(=O)N1CCN(c2nc3ccccc3[nH]2)CC1. The predicted octanol–water partition coefficient (Wildman–Crippen LogP) is 1.84. The molecule has 0 aliphatic carbocycles. The first-order valence-electron chi connectivity index (χ1n) is 6.89. The molecule has 0 bridgehead atoms. The molecule has 2 heterocycles. The van der Waals surface area contributed by atoms with Crippen LogP contribution in [0.1, 0.15) is 6.92 Å². The van der Waals surface area contributed by atoms with E-state index < -0.39 is 0 Å². The third-order valence-electron chi connectivity index (χ3n) is 3.48. The first-order valence-corrected chi connectivity index (χ1v) is 6.89. The zero-order valence-corrected chi connectivity index (χ0v) is 11.5. The van der Waals surface area contributed by atoms with Crippen LogP contribution in [0.25, 0.3) is 11.0 Å². The molecular weight excluding hydrogens is 256 g/mol. The van der Waals surface area contributed by atoms with Gasteiger partial charge in [-0.15, -0.1) is 0 Å². The van der Waals surface area contributed by atoms with E-state index in [1.807, 2.05) is 31.2 Å². The molecular formula is C14H18N4O2. The number of benzene rings is 1. The molecule has 20 heavy (non-hydrogen) atoms. The highest BCUT2D eigenvalue weighted by Gasteiger charge is 2.23. The summed E-state index contributed by atoms with van der Waals surface area (Å²) in [4.78, 5) is 23.4. The number of piperazine rings is 1. The number of H-pyrrole nitrogens is 1. The molecule has 6 nitrogen and oxygen atoms in total. The highest BCUT2D eigenvalue weighted by Crippen LogP contribution is 2.18. The Balaban J connectivity index is 1.67. The van der Waals surface area contributed by atoms with Crippen LogP contribution in [0.2, 0.25) is 0 Å². The molecule has 0 unspecified atom stereocenters. The normalized spacial score (nSPS) is 15.7. The van der Waals surface area contributed by atoms with E-state index >= 15 is 0 Å². The van der Waals surface area contributed by atoms with Crippen molar-refractivity contribution in [3.05, 3.63) is 24.3 Å². The Morgan fingerprint density at radius 3 is 2.75 bits per heavy atom. The number of aromatic nitrogens is 2. The van der Waals surface area contributed by atoms with Crippen molar-refractivity contribution in [1.29, 1.82) is 0 Å². The van der Waals surface area contributed by atoms with Gasteiger partial charge in [0.15, 0.2) is 0 Å². The van der Waals surface area contributed by atoms with Crippen molar-refractivity contribution in [3.63, 3.8) is 0 Å². The quantitative estimate of drug-likeness (QED) is 0.907. The molecule has 1 N–H and O–H groups in total. The van der Waals surface area contributed by atoms with Gasteiger partial charge in [-0.25, -0.2) is 9.78 Å². The predicted molar refractivity (Wildman–Crippen MR) is 76.9 cm³/mol. The maximum atomic E-state index is 11.6. The number of aromatic amines is 1. The number of anilines is 1. The van der Waals surface area contributed by atoms with Gasteiger partial charge in [0, 0.05) is 26.2 Å². The van der Waals surface area contributed by atoms with Crippen LogP contribution in [-0.4, -0.2) is 53.7 Å². The lowest BCUT2D eigenvalue weighted by Crippen LogP contribution is -2.49. The number of carbonyl (C=O) groups is 1. The van der Waals surface area contributed by atoms with Crippen LogP contribution in [0.15, 0.2) is 24.3 Å². The summed E-state index contributed by atoms with van der Waals surface area (Å²) >= 11 is 0. The molecule has 1 amide bonds. The zero-order chi connectivity index (χ0) is 13.9. The van der Waals surface area contributed by atoms with E-state index in [4.69, 9.17) is 4.74 Å². The van der Waals surface area contributed by atoms with Crippen LogP contribution in [0.5, 0.6) is 0 Å². The molecule has 0 radical (unpaired) electrons. The third kappa shape index (κ3) is 2.41. The lowest BCUT2D eigenvalue weighted by atomic mass is 10.3. The fourth-order valence-electron chi connectivity index (χ4n) is 2.40. The molecule has 6 heteroatoms. The molecule has 106 valence electrons. The number of para-hydroxylation sites is 2. The number of hydrogen-bond acceptors (Lipinski definition) is 4. The Bertz CT molecular complexity index is 569. The van der Waals surface area contributed by atoms with Crippen molar-refractivity contribution < 1.29 is 9.53 Å². The number of amides is 1. The van der Waals surface area contributed by atoms with Gasteiger partial charge >= 0.3 is 6.09 Å². The number of imidazole rings is 1. The summed E-state index contributed by atoms with van der Waals surface area (Å²) in [6, 6.07) is 7.97. The van der Waals surface area contributed by atoms with Crippen molar-refractivity contribution in [1.82, 2.24) is 14.9 Å². The van der Waals surface area contributed by atoms with Gasteiger partial charge in [-0.3, -0.25) is 0 Å². The molecule has 1 fully saturated rings. The van der Waals surface area contributed by atoms with Crippen LogP contribution >= 0.6 is 0 Å². The van der Waals surface area contributed by atoms with E-state index in [1.54, 1.807) is 4.90 Å². The Hall–Kier alpha value is -2.24. The van der Waals surface area contributed by atoms with E-state index in [0.717, 1.165) is 30.1 Å². The number of nitrogens with zero attached hydrogens (tertiary/aromatic N) is 3. The first-order chi connectivity index (χ1) is 9.78. The summed E-state index contributed by atoms with van der Waals surface area (Å²) in [5, 5.41) is 0. The standard InChI is InChI=1S/C14H18N4O2/c1-2-20-14(19)18-9-7-17(8-10-18)13-15-11-5-3-4-6-12(11)16-13/h3-6H,2,7-10H2,1H3,(H,15,16). The monoisotopic (exact) mass is 274 g/mol. The fraction of sp³-hybridized carbons (Fsp3) is 0.429. The number of hydrogen-bond donors (Lipinski definition) is 1. The number of carbonyl (C=O) groups excluding carboxylic acids is 1. The van der Waals surface area contributed by atoms with Crippen LogP contribution < -0.4 is 4.90 Å². The Morgan fingerprint density at radius 2 is 2.05 bits per heavy atom. The summed E-state index contributed by atoms with van der Waals surface area (Å²) in [6.07, 6.45) is -0.225. The first kappa shape index (κ1) is 12.8. The molecule has 1 aliphatic heterocycles. The minimum Gasteiger partial charge on any atom is -0.450 e.